The largest absolute Gasteiger partial charge is 0.309 e. The van der Waals surface area contributed by atoms with Crippen molar-refractivity contribution in [2.45, 2.75) is 57.9 Å². The van der Waals surface area contributed by atoms with E-state index >= 15 is 0 Å². The fraction of sp³-hybridized carbons (Fsp3) is 0.650. The van der Waals surface area contributed by atoms with E-state index in [0.717, 1.165) is 24.2 Å². The lowest BCUT2D eigenvalue weighted by Gasteiger charge is -2.56. The third-order valence-electron chi connectivity index (χ3n) is 6.92. The molecular weight excluding hydrogens is 270 g/mol. The number of hydrogen-bond acceptors (Lipinski definition) is 1. The zero-order chi connectivity index (χ0) is 14.9. The summed E-state index contributed by atoms with van der Waals surface area (Å²) in [5.74, 6) is 2.97. The Morgan fingerprint density at radius 3 is 2.27 bits per heavy atom. The van der Waals surface area contributed by atoms with Crippen molar-refractivity contribution in [3.63, 3.8) is 0 Å². The zero-order valence-electron chi connectivity index (χ0n) is 13.4. The van der Waals surface area contributed by atoms with Crippen molar-refractivity contribution in [1.82, 2.24) is 0 Å². The summed E-state index contributed by atoms with van der Waals surface area (Å²) in [5.41, 5.74) is 2.53. The van der Waals surface area contributed by atoms with E-state index in [-0.39, 0.29) is 5.41 Å². The molecule has 4 saturated carbocycles. The van der Waals surface area contributed by atoms with Gasteiger partial charge in [0.25, 0.3) is 0 Å². The third kappa shape index (κ3) is 1.70. The molecule has 1 heterocycles. The highest BCUT2D eigenvalue weighted by Gasteiger charge is 2.56. The quantitative estimate of drug-likeness (QED) is 0.761. The molecule has 0 saturated heterocycles. The van der Waals surface area contributed by atoms with E-state index in [0.29, 0.717) is 11.9 Å². The molecule has 2 heteroatoms. The summed E-state index contributed by atoms with van der Waals surface area (Å²) in [5, 5.41) is 0. The molecule has 4 fully saturated rings. The van der Waals surface area contributed by atoms with Gasteiger partial charge in [0.05, 0.1) is 5.41 Å². The SMILES string of the molecule is C[C@H]1Cc2ccccc2N1C(=O)C12CC3CC(CC(C3)C1)C2. The number of anilines is 1. The second-order valence-corrected chi connectivity index (χ2v) is 8.55. The van der Waals surface area contributed by atoms with Crippen molar-refractivity contribution in [2.75, 3.05) is 4.90 Å². The van der Waals surface area contributed by atoms with E-state index in [4.69, 9.17) is 0 Å². The van der Waals surface area contributed by atoms with Crippen molar-refractivity contribution in [2.24, 2.45) is 23.2 Å². The van der Waals surface area contributed by atoms with Gasteiger partial charge >= 0.3 is 0 Å². The highest BCUT2D eigenvalue weighted by molar-refractivity contribution is 6.00. The normalized spacial score (nSPS) is 41.8. The molecule has 0 unspecified atom stereocenters. The Balaban J connectivity index is 1.52. The summed E-state index contributed by atoms with van der Waals surface area (Å²) >= 11 is 0. The molecule has 116 valence electrons. The van der Waals surface area contributed by atoms with Crippen LogP contribution in [0.5, 0.6) is 0 Å². The van der Waals surface area contributed by atoms with E-state index < -0.39 is 0 Å². The van der Waals surface area contributed by atoms with Crippen LogP contribution in [0.4, 0.5) is 5.69 Å². The van der Waals surface area contributed by atoms with Gasteiger partial charge in [0.1, 0.15) is 0 Å². The number of carbonyl (C=O) groups excluding carboxylic acids is 1. The Kier molecular flexibility index (Phi) is 2.61. The molecule has 1 amide bonds. The number of benzene rings is 1. The van der Waals surface area contributed by atoms with E-state index in [1.165, 1.54) is 49.8 Å². The number of amides is 1. The number of para-hydroxylation sites is 1. The Hall–Kier alpha value is -1.31. The topological polar surface area (TPSA) is 20.3 Å². The van der Waals surface area contributed by atoms with Crippen LogP contribution in [0, 0.1) is 23.2 Å². The molecule has 22 heavy (non-hydrogen) atoms. The van der Waals surface area contributed by atoms with Crippen LogP contribution in [0.1, 0.15) is 51.0 Å². The van der Waals surface area contributed by atoms with Crippen LogP contribution in [0.25, 0.3) is 0 Å². The zero-order valence-corrected chi connectivity index (χ0v) is 13.4. The van der Waals surface area contributed by atoms with Gasteiger partial charge in [0.15, 0.2) is 0 Å². The van der Waals surface area contributed by atoms with Gasteiger partial charge in [-0.25, -0.2) is 0 Å². The van der Waals surface area contributed by atoms with Gasteiger partial charge in [-0.1, -0.05) is 18.2 Å². The molecular formula is C20H25NO. The predicted molar refractivity (Wildman–Crippen MR) is 87.7 cm³/mol. The summed E-state index contributed by atoms with van der Waals surface area (Å²) < 4.78 is 0. The van der Waals surface area contributed by atoms with Crippen LogP contribution in [0.3, 0.4) is 0 Å². The minimum atomic E-state index is -0.0134. The van der Waals surface area contributed by atoms with Crippen molar-refractivity contribution < 1.29 is 4.79 Å². The average Bonchev–Trinajstić information content (AvgIpc) is 2.80. The van der Waals surface area contributed by atoms with E-state index in [1.807, 2.05) is 0 Å². The fourth-order valence-corrected chi connectivity index (χ4v) is 6.50. The molecule has 0 N–H and O–H groups in total. The van der Waals surface area contributed by atoms with Gasteiger partial charge < -0.3 is 4.90 Å². The molecule has 4 aliphatic carbocycles. The summed E-state index contributed by atoms with van der Waals surface area (Å²) in [7, 11) is 0. The Labute approximate surface area is 132 Å². The highest BCUT2D eigenvalue weighted by atomic mass is 16.2. The first kappa shape index (κ1) is 13.2. The monoisotopic (exact) mass is 295 g/mol. The predicted octanol–water partition coefficient (Wildman–Crippen LogP) is 4.18. The number of hydrogen-bond donors (Lipinski definition) is 0. The third-order valence-corrected chi connectivity index (χ3v) is 6.92. The van der Waals surface area contributed by atoms with Gasteiger partial charge in [-0.3, -0.25) is 4.79 Å². The van der Waals surface area contributed by atoms with Crippen LogP contribution >= 0.6 is 0 Å². The van der Waals surface area contributed by atoms with E-state index in [2.05, 4.69) is 36.1 Å². The second-order valence-electron chi connectivity index (χ2n) is 8.55. The number of rotatable bonds is 1. The molecule has 1 aromatic carbocycles. The average molecular weight is 295 g/mol. The minimum absolute atomic E-state index is 0.0134. The molecule has 2 nitrogen and oxygen atoms in total. The van der Waals surface area contributed by atoms with Crippen molar-refractivity contribution in [3.8, 4) is 0 Å². The summed E-state index contributed by atoms with van der Waals surface area (Å²) in [6.45, 7) is 2.22. The molecule has 1 aliphatic heterocycles. The van der Waals surface area contributed by atoms with Gasteiger partial charge in [0, 0.05) is 11.7 Å². The lowest BCUT2D eigenvalue weighted by molar-refractivity contribution is -0.143. The Morgan fingerprint density at radius 2 is 1.64 bits per heavy atom. The molecule has 0 aromatic heterocycles. The standard InChI is InChI=1S/C20H25NO/c1-13-6-17-4-2-3-5-18(17)21(13)19(22)20-10-14-7-15(11-20)9-16(8-14)12-20/h2-5,13-16H,6-12H2,1H3/t13-,14?,15?,16?,20?/m0/s1. The van der Waals surface area contributed by atoms with Crippen LogP contribution in [0.2, 0.25) is 0 Å². The first-order valence-corrected chi connectivity index (χ1v) is 9.06. The summed E-state index contributed by atoms with van der Waals surface area (Å²) in [6, 6.07) is 8.86. The highest BCUT2D eigenvalue weighted by Crippen LogP contribution is 2.61. The van der Waals surface area contributed by atoms with E-state index in [1.54, 1.807) is 0 Å². The lowest BCUT2D eigenvalue weighted by atomic mass is 9.49. The van der Waals surface area contributed by atoms with Crippen molar-refractivity contribution in [1.29, 1.82) is 0 Å². The summed E-state index contributed by atoms with van der Waals surface area (Å²) in [6.07, 6.45) is 8.74. The molecule has 0 spiro atoms. The van der Waals surface area contributed by atoms with Crippen LogP contribution in [-0.2, 0) is 11.2 Å². The maximum Gasteiger partial charge on any atom is 0.233 e. The van der Waals surface area contributed by atoms with Gasteiger partial charge in [-0.05, 0) is 81.3 Å². The minimum Gasteiger partial charge on any atom is -0.309 e. The number of carbonyl (C=O) groups is 1. The maximum atomic E-state index is 13.6. The Bertz CT molecular complexity index is 599. The number of fused-ring (bicyclic) bond motifs is 1. The van der Waals surface area contributed by atoms with Gasteiger partial charge in [-0.15, -0.1) is 0 Å². The smallest absolute Gasteiger partial charge is 0.233 e. The van der Waals surface area contributed by atoms with Crippen LogP contribution in [-0.4, -0.2) is 11.9 Å². The first-order valence-electron chi connectivity index (χ1n) is 9.06. The van der Waals surface area contributed by atoms with E-state index in [9.17, 15) is 4.79 Å². The van der Waals surface area contributed by atoms with Gasteiger partial charge in [-0.2, -0.15) is 0 Å². The lowest BCUT2D eigenvalue weighted by Crippen LogP contribution is -2.55. The molecule has 1 aromatic rings. The molecule has 0 radical (unpaired) electrons. The molecule has 6 rings (SSSR count). The molecule has 4 bridgehead atoms. The van der Waals surface area contributed by atoms with Crippen molar-refractivity contribution >= 4 is 11.6 Å². The fourth-order valence-electron chi connectivity index (χ4n) is 6.50. The second kappa shape index (κ2) is 4.37. The Morgan fingerprint density at radius 1 is 1.05 bits per heavy atom. The van der Waals surface area contributed by atoms with Crippen LogP contribution in [0.15, 0.2) is 24.3 Å². The summed E-state index contributed by atoms with van der Waals surface area (Å²) in [4.78, 5) is 15.8. The van der Waals surface area contributed by atoms with Crippen LogP contribution < -0.4 is 4.90 Å². The molecule has 1 atom stereocenters. The van der Waals surface area contributed by atoms with Crippen molar-refractivity contribution in [3.05, 3.63) is 29.8 Å². The molecule has 5 aliphatic rings. The van der Waals surface area contributed by atoms with Gasteiger partial charge in [0.2, 0.25) is 5.91 Å². The first-order chi connectivity index (χ1) is 10.6. The maximum absolute atomic E-state index is 13.6. The number of nitrogens with zero attached hydrogens (tertiary/aromatic N) is 1.